The molecule has 0 aliphatic carbocycles. The van der Waals surface area contributed by atoms with Gasteiger partial charge in [0.05, 0.1) is 6.10 Å². The normalized spacial score (nSPS) is 27.4. The van der Waals surface area contributed by atoms with Gasteiger partial charge in [-0.15, -0.1) is 0 Å². The minimum atomic E-state index is 0.535. The van der Waals surface area contributed by atoms with Gasteiger partial charge >= 0.3 is 0 Å². The average Bonchev–Trinajstić information content (AvgIpc) is 2.32. The number of piperidine rings is 2. The number of ether oxygens (including phenoxy) is 1. The summed E-state index contributed by atoms with van der Waals surface area (Å²) in [6, 6.07) is 0.846. The van der Waals surface area contributed by atoms with Gasteiger partial charge in [0.25, 0.3) is 0 Å². The highest BCUT2D eigenvalue weighted by Crippen LogP contribution is 2.21. The maximum Gasteiger partial charge on any atom is 0.0599 e. The van der Waals surface area contributed by atoms with Crippen LogP contribution in [0.2, 0.25) is 0 Å². The van der Waals surface area contributed by atoms with Gasteiger partial charge in [-0.1, -0.05) is 0 Å². The van der Waals surface area contributed by atoms with Crippen LogP contribution in [0.1, 0.15) is 32.6 Å². The Hall–Kier alpha value is -0.120. The van der Waals surface area contributed by atoms with Crippen LogP contribution in [0, 0.1) is 0 Å². The van der Waals surface area contributed by atoms with E-state index < -0.39 is 0 Å². The number of likely N-dealkylation sites (tertiary alicyclic amines) is 2. The van der Waals surface area contributed by atoms with Crippen molar-refractivity contribution in [1.82, 2.24) is 9.80 Å². The van der Waals surface area contributed by atoms with Gasteiger partial charge in [-0.3, -0.25) is 0 Å². The van der Waals surface area contributed by atoms with E-state index in [0.29, 0.717) is 6.10 Å². The van der Waals surface area contributed by atoms with E-state index in [1.165, 1.54) is 51.9 Å². The van der Waals surface area contributed by atoms with E-state index in [1.807, 2.05) is 0 Å². The summed E-state index contributed by atoms with van der Waals surface area (Å²) in [5, 5.41) is 0. The lowest BCUT2D eigenvalue weighted by molar-refractivity contribution is -0.00350. The quantitative estimate of drug-likeness (QED) is 0.727. The van der Waals surface area contributed by atoms with Crippen molar-refractivity contribution in [2.75, 3.05) is 39.8 Å². The fourth-order valence-electron chi connectivity index (χ4n) is 3.00. The van der Waals surface area contributed by atoms with Crippen LogP contribution in [0.5, 0.6) is 0 Å². The van der Waals surface area contributed by atoms with E-state index in [0.717, 1.165) is 12.6 Å². The van der Waals surface area contributed by atoms with Gasteiger partial charge in [-0.25, -0.2) is 0 Å². The molecular weight excluding hydrogens is 200 g/mol. The van der Waals surface area contributed by atoms with Gasteiger partial charge < -0.3 is 14.5 Å². The Morgan fingerprint density at radius 3 is 2.19 bits per heavy atom. The summed E-state index contributed by atoms with van der Waals surface area (Å²) in [5.41, 5.74) is 0. The van der Waals surface area contributed by atoms with Crippen molar-refractivity contribution in [3.63, 3.8) is 0 Å². The molecule has 2 rings (SSSR count). The molecule has 2 heterocycles. The van der Waals surface area contributed by atoms with Crippen molar-refractivity contribution in [3.8, 4) is 0 Å². The third kappa shape index (κ3) is 3.19. The lowest BCUT2D eigenvalue weighted by atomic mass is 9.99. The molecule has 16 heavy (non-hydrogen) atoms. The highest BCUT2D eigenvalue weighted by atomic mass is 16.5. The summed E-state index contributed by atoms with van der Waals surface area (Å²) in [7, 11) is 2.23. The molecule has 0 unspecified atom stereocenters. The fraction of sp³-hybridized carbons (Fsp3) is 1.00. The Morgan fingerprint density at radius 1 is 1.00 bits per heavy atom. The molecule has 0 amide bonds. The first-order valence-electron chi connectivity index (χ1n) is 6.83. The van der Waals surface area contributed by atoms with Gasteiger partial charge in [0, 0.05) is 25.7 Å². The first-order chi connectivity index (χ1) is 7.79. The van der Waals surface area contributed by atoms with Crippen molar-refractivity contribution in [2.45, 2.75) is 44.8 Å². The van der Waals surface area contributed by atoms with Gasteiger partial charge in [0.1, 0.15) is 0 Å². The minimum Gasteiger partial charge on any atom is -0.378 e. The number of rotatable bonds is 3. The summed E-state index contributed by atoms with van der Waals surface area (Å²) in [6.07, 6.45) is 5.72. The van der Waals surface area contributed by atoms with E-state index in [1.54, 1.807) is 0 Å². The molecular formula is C13H26N2O. The van der Waals surface area contributed by atoms with Gasteiger partial charge in [0.2, 0.25) is 0 Å². The van der Waals surface area contributed by atoms with E-state index in [9.17, 15) is 0 Å². The summed E-state index contributed by atoms with van der Waals surface area (Å²) >= 11 is 0. The topological polar surface area (TPSA) is 15.7 Å². The van der Waals surface area contributed by atoms with Crippen LogP contribution in [0.15, 0.2) is 0 Å². The van der Waals surface area contributed by atoms with Gasteiger partial charge in [0.15, 0.2) is 0 Å². The molecule has 0 atom stereocenters. The monoisotopic (exact) mass is 226 g/mol. The maximum absolute atomic E-state index is 5.70. The Morgan fingerprint density at radius 2 is 1.62 bits per heavy atom. The first-order valence-corrected chi connectivity index (χ1v) is 6.83. The SMILES string of the molecule is CCOC1CCN(C2CCN(C)CC2)CC1. The van der Waals surface area contributed by atoms with Crippen molar-refractivity contribution in [1.29, 1.82) is 0 Å². The van der Waals surface area contributed by atoms with Crippen molar-refractivity contribution < 1.29 is 4.74 Å². The van der Waals surface area contributed by atoms with E-state index in [4.69, 9.17) is 4.74 Å². The second-order valence-corrected chi connectivity index (χ2v) is 5.23. The smallest absolute Gasteiger partial charge is 0.0599 e. The second-order valence-electron chi connectivity index (χ2n) is 5.23. The predicted octanol–water partition coefficient (Wildman–Crippen LogP) is 1.58. The Bertz CT molecular complexity index is 194. The van der Waals surface area contributed by atoms with Crippen LogP contribution in [-0.2, 0) is 4.74 Å². The molecule has 0 aromatic heterocycles. The lowest BCUT2D eigenvalue weighted by Gasteiger charge is -2.40. The van der Waals surface area contributed by atoms with E-state index in [-0.39, 0.29) is 0 Å². The van der Waals surface area contributed by atoms with Crippen LogP contribution in [0.4, 0.5) is 0 Å². The van der Waals surface area contributed by atoms with Crippen molar-refractivity contribution in [2.24, 2.45) is 0 Å². The first kappa shape index (κ1) is 12.3. The third-order valence-corrected chi connectivity index (χ3v) is 4.08. The summed E-state index contributed by atoms with van der Waals surface area (Å²) < 4.78 is 5.70. The summed E-state index contributed by atoms with van der Waals surface area (Å²) in [6.45, 7) is 8.02. The molecule has 3 nitrogen and oxygen atoms in total. The molecule has 2 saturated heterocycles. The number of nitrogens with zero attached hydrogens (tertiary/aromatic N) is 2. The molecule has 2 fully saturated rings. The maximum atomic E-state index is 5.70. The van der Waals surface area contributed by atoms with Crippen molar-refractivity contribution in [3.05, 3.63) is 0 Å². The van der Waals surface area contributed by atoms with Crippen LogP contribution in [0.25, 0.3) is 0 Å². The summed E-state index contributed by atoms with van der Waals surface area (Å²) in [5.74, 6) is 0. The largest absolute Gasteiger partial charge is 0.378 e. The number of hydrogen-bond donors (Lipinski definition) is 0. The molecule has 0 saturated carbocycles. The summed E-state index contributed by atoms with van der Waals surface area (Å²) in [4.78, 5) is 5.14. The molecule has 0 spiro atoms. The van der Waals surface area contributed by atoms with E-state index in [2.05, 4.69) is 23.8 Å². The van der Waals surface area contributed by atoms with Crippen LogP contribution in [0.3, 0.4) is 0 Å². The number of hydrogen-bond acceptors (Lipinski definition) is 3. The van der Waals surface area contributed by atoms with Crippen LogP contribution < -0.4 is 0 Å². The van der Waals surface area contributed by atoms with Gasteiger partial charge in [-0.2, -0.15) is 0 Å². The second kappa shape index (κ2) is 5.99. The predicted molar refractivity (Wildman–Crippen MR) is 66.7 cm³/mol. The van der Waals surface area contributed by atoms with E-state index >= 15 is 0 Å². The molecule has 0 bridgehead atoms. The van der Waals surface area contributed by atoms with Crippen LogP contribution >= 0.6 is 0 Å². The average molecular weight is 226 g/mol. The molecule has 0 N–H and O–H groups in total. The molecule has 3 heteroatoms. The molecule has 0 aromatic carbocycles. The Balaban J connectivity index is 1.72. The highest BCUT2D eigenvalue weighted by Gasteiger charge is 2.27. The zero-order valence-electron chi connectivity index (χ0n) is 10.8. The van der Waals surface area contributed by atoms with Gasteiger partial charge in [-0.05, 0) is 52.7 Å². The molecule has 0 radical (unpaired) electrons. The third-order valence-electron chi connectivity index (χ3n) is 4.08. The van der Waals surface area contributed by atoms with Crippen molar-refractivity contribution >= 4 is 0 Å². The van der Waals surface area contributed by atoms with Crippen LogP contribution in [-0.4, -0.2) is 61.8 Å². The minimum absolute atomic E-state index is 0.535. The lowest BCUT2D eigenvalue weighted by Crippen LogP contribution is -2.48. The zero-order valence-corrected chi connectivity index (χ0v) is 10.8. The zero-order chi connectivity index (χ0) is 11.4. The Kier molecular flexibility index (Phi) is 4.62. The molecule has 94 valence electrons. The molecule has 2 aliphatic heterocycles. The highest BCUT2D eigenvalue weighted by molar-refractivity contribution is 4.82. The fourth-order valence-corrected chi connectivity index (χ4v) is 3.00. The molecule has 2 aliphatic rings. The Labute approximate surface area is 99.7 Å². The molecule has 0 aromatic rings. The standard InChI is InChI=1S/C13H26N2O/c1-3-16-13-6-10-15(11-7-13)12-4-8-14(2)9-5-12/h12-13H,3-11H2,1-2H3.